The van der Waals surface area contributed by atoms with Gasteiger partial charge in [-0.3, -0.25) is 4.79 Å². The minimum Gasteiger partial charge on any atom is -0.454 e. The van der Waals surface area contributed by atoms with Crippen LogP contribution in [0.4, 0.5) is 11.6 Å². The van der Waals surface area contributed by atoms with E-state index in [2.05, 4.69) is 51.4 Å². The average molecular weight is 416 g/mol. The van der Waals surface area contributed by atoms with Gasteiger partial charge in [0.15, 0.2) is 11.5 Å². The minimum atomic E-state index is -0.125. The van der Waals surface area contributed by atoms with E-state index in [0.717, 1.165) is 30.5 Å². The van der Waals surface area contributed by atoms with E-state index in [1.54, 1.807) is 6.07 Å². The van der Waals surface area contributed by atoms with Crippen molar-refractivity contribution >= 4 is 17.5 Å². The Labute approximate surface area is 181 Å². The van der Waals surface area contributed by atoms with Gasteiger partial charge in [-0.2, -0.15) is 0 Å². The Morgan fingerprint density at radius 2 is 1.81 bits per heavy atom. The number of aryl methyl sites for hydroxylation is 1. The molecule has 1 aromatic heterocycles. The Bertz CT molecular complexity index is 1080. The number of benzene rings is 2. The summed E-state index contributed by atoms with van der Waals surface area (Å²) in [4.78, 5) is 24.1. The number of piperidine rings is 1. The molecule has 0 saturated carbocycles. The van der Waals surface area contributed by atoms with Gasteiger partial charge in [-0.25, -0.2) is 9.97 Å². The Hall–Kier alpha value is -3.61. The normalized spacial score (nSPS) is 17.5. The molecule has 1 amide bonds. The van der Waals surface area contributed by atoms with Crippen LogP contribution in [0, 0.1) is 12.8 Å². The number of carbonyl (C=O) groups is 1. The number of aromatic nitrogens is 2. The summed E-state index contributed by atoms with van der Waals surface area (Å²) in [6, 6.07) is 13.8. The molecule has 0 spiro atoms. The van der Waals surface area contributed by atoms with Crippen molar-refractivity contribution in [3.05, 3.63) is 60.4 Å². The van der Waals surface area contributed by atoms with E-state index >= 15 is 0 Å². The fraction of sp³-hybridized carbons (Fsp3) is 0.292. The standard InChI is InChI=1S/C24H24N4O3/c1-16-4-6-17(7-5-16)19-12-25-24(26-13-19)28-10-2-3-18(14-28)23(29)27-20-8-9-21-22(11-20)31-15-30-21/h4-9,11-13,18H,2-3,10,14-15H2,1H3,(H,27,29)/t18-/m0/s1. The highest BCUT2D eigenvalue weighted by atomic mass is 16.7. The summed E-state index contributed by atoms with van der Waals surface area (Å²) in [5.41, 5.74) is 4.01. The molecule has 5 rings (SSSR count). The molecular weight excluding hydrogens is 392 g/mol. The van der Waals surface area contributed by atoms with Crippen LogP contribution in [0.1, 0.15) is 18.4 Å². The molecule has 1 saturated heterocycles. The number of fused-ring (bicyclic) bond motifs is 1. The van der Waals surface area contributed by atoms with Gasteiger partial charge in [0, 0.05) is 42.8 Å². The fourth-order valence-electron chi connectivity index (χ4n) is 3.97. The Balaban J connectivity index is 1.24. The van der Waals surface area contributed by atoms with E-state index in [1.165, 1.54) is 5.56 Å². The highest BCUT2D eigenvalue weighted by Gasteiger charge is 2.27. The van der Waals surface area contributed by atoms with Gasteiger partial charge >= 0.3 is 0 Å². The van der Waals surface area contributed by atoms with E-state index in [-0.39, 0.29) is 18.6 Å². The maximum absolute atomic E-state index is 12.9. The third-order valence-corrected chi connectivity index (χ3v) is 5.74. The summed E-state index contributed by atoms with van der Waals surface area (Å²) < 4.78 is 10.7. The topological polar surface area (TPSA) is 76.6 Å². The van der Waals surface area contributed by atoms with E-state index in [9.17, 15) is 4.79 Å². The molecule has 1 fully saturated rings. The SMILES string of the molecule is Cc1ccc(-c2cnc(N3CCC[C@H](C(=O)Nc4ccc5c(c4)OCO5)C3)nc2)cc1. The summed E-state index contributed by atoms with van der Waals surface area (Å²) in [7, 11) is 0. The van der Waals surface area contributed by atoms with Gasteiger partial charge in [0.2, 0.25) is 18.6 Å². The van der Waals surface area contributed by atoms with Crippen LogP contribution in [-0.2, 0) is 4.79 Å². The second kappa shape index (κ2) is 8.26. The van der Waals surface area contributed by atoms with Crippen LogP contribution in [0.5, 0.6) is 11.5 Å². The van der Waals surface area contributed by atoms with E-state index in [4.69, 9.17) is 9.47 Å². The van der Waals surface area contributed by atoms with Crippen molar-refractivity contribution in [3.63, 3.8) is 0 Å². The molecule has 31 heavy (non-hydrogen) atoms. The molecule has 1 atom stereocenters. The summed E-state index contributed by atoms with van der Waals surface area (Å²) in [5.74, 6) is 1.90. The van der Waals surface area contributed by atoms with Crippen LogP contribution in [0.15, 0.2) is 54.9 Å². The molecule has 0 bridgehead atoms. The van der Waals surface area contributed by atoms with E-state index in [0.29, 0.717) is 29.7 Å². The smallest absolute Gasteiger partial charge is 0.231 e. The van der Waals surface area contributed by atoms with Gasteiger partial charge in [0.1, 0.15) is 0 Å². The van der Waals surface area contributed by atoms with Gasteiger partial charge < -0.3 is 19.7 Å². The van der Waals surface area contributed by atoms with Gasteiger partial charge in [0.05, 0.1) is 5.92 Å². The zero-order chi connectivity index (χ0) is 21.2. The summed E-state index contributed by atoms with van der Waals surface area (Å²) in [6.07, 6.45) is 5.46. The number of hydrogen-bond acceptors (Lipinski definition) is 6. The fourth-order valence-corrected chi connectivity index (χ4v) is 3.97. The summed E-state index contributed by atoms with van der Waals surface area (Å²) >= 11 is 0. The van der Waals surface area contributed by atoms with Crippen molar-refractivity contribution in [2.24, 2.45) is 5.92 Å². The first-order chi connectivity index (χ1) is 15.2. The van der Waals surface area contributed by atoms with E-state index in [1.807, 2.05) is 24.5 Å². The number of rotatable bonds is 4. The first-order valence-corrected chi connectivity index (χ1v) is 10.5. The number of ether oxygens (including phenoxy) is 2. The third-order valence-electron chi connectivity index (χ3n) is 5.74. The van der Waals surface area contributed by atoms with Gasteiger partial charge in [0.25, 0.3) is 0 Å². The summed E-state index contributed by atoms with van der Waals surface area (Å²) in [6.45, 7) is 3.73. The molecule has 7 heteroatoms. The van der Waals surface area contributed by atoms with Crippen LogP contribution in [-0.4, -0.2) is 35.8 Å². The lowest BCUT2D eigenvalue weighted by Gasteiger charge is -2.32. The zero-order valence-electron chi connectivity index (χ0n) is 17.4. The number of carbonyl (C=O) groups excluding carboxylic acids is 1. The predicted molar refractivity (Wildman–Crippen MR) is 118 cm³/mol. The maximum Gasteiger partial charge on any atom is 0.231 e. The molecule has 158 valence electrons. The molecule has 3 aromatic rings. The van der Waals surface area contributed by atoms with Crippen molar-refractivity contribution in [2.75, 3.05) is 30.1 Å². The Morgan fingerprint density at radius 1 is 1.03 bits per heavy atom. The van der Waals surface area contributed by atoms with Crippen LogP contribution < -0.4 is 19.7 Å². The van der Waals surface area contributed by atoms with Gasteiger partial charge in [-0.1, -0.05) is 29.8 Å². The first-order valence-electron chi connectivity index (χ1n) is 10.5. The second-order valence-electron chi connectivity index (χ2n) is 7.98. The van der Waals surface area contributed by atoms with Crippen molar-refractivity contribution in [1.29, 1.82) is 0 Å². The number of hydrogen-bond donors (Lipinski definition) is 1. The van der Waals surface area contributed by atoms with Gasteiger partial charge in [-0.15, -0.1) is 0 Å². The predicted octanol–water partition coefficient (Wildman–Crippen LogP) is 4.04. The van der Waals surface area contributed by atoms with Crippen molar-refractivity contribution in [1.82, 2.24) is 9.97 Å². The van der Waals surface area contributed by atoms with Crippen LogP contribution in [0.3, 0.4) is 0 Å². The molecule has 0 unspecified atom stereocenters. The molecule has 2 aliphatic rings. The van der Waals surface area contributed by atoms with Crippen molar-refractivity contribution < 1.29 is 14.3 Å². The average Bonchev–Trinajstić information content (AvgIpc) is 3.28. The molecule has 2 aliphatic heterocycles. The molecule has 0 aliphatic carbocycles. The highest BCUT2D eigenvalue weighted by Crippen LogP contribution is 2.34. The summed E-state index contributed by atoms with van der Waals surface area (Å²) in [5, 5.41) is 3.01. The van der Waals surface area contributed by atoms with Crippen molar-refractivity contribution in [2.45, 2.75) is 19.8 Å². The lowest BCUT2D eigenvalue weighted by atomic mass is 9.97. The molecular formula is C24H24N4O3. The van der Waals surface area contributed by atoms with Crippen molar-refractivity contribution in [3.8, 4) is 22.6 Å². The maximum atomic E-state index is 12.9. The first kappa shape index (κ1) is 19.4. The van der Waals surface area contributed by atoms with Gasteiger partial charge in [-0.05, 0) is 37.5 Å². The molecule has 0 radical (unpaired) electrons. The van der Waals surface area contributed by atoms with E-state index < -0.39 is 0 Å². The lowest BCUT2D eigenvalue weighted by Crippen LogP contribution is -2.41. The largest absolute Gasteiger partial charge is 0.454 e. The second-order valence-corrected chi connectivity index (χ2v) is 7.98. The molecule has 3 heterocycles. The quantitative estimate of drug-likeness (QED) is 0.692. The Morgan fingerprint density at radius 3 is 2.61 bits per heavy atom. The number of nitrogens with zero attached hydrogens (tertiary/aromatic N) is 3. The molecule has 7 nitrogen and oxygen atoms in total. The molecule has 1 N–H and O–H groups in total. The zero-order valence-corrected chi connectivity index (χ0v) is 17.4. The highest BCUT2D eigenvalue weighted by molar-refractivity contribution is 5.93. The number of amides is 1. The van der Waals surface area contributed by atoms with Crippen LogP contribution in [0.25, 0.3) is 11.1 Å². The number of anilines is 2. The van der Waals surface area contributed by atoms with Crippen LogP contribution in [0.2, 0.25) is 0 Å². The molecule has 2 aromatic carbocycles. The van der Waals surface area contributed by atoms with Crippen LogP contribution >= 0.6 is 0 Å². The Kier molecular flexibility index (Phi) is 5.16. The number of nitrogens with one attached hydrogen (secondary N) is 1. The monoisotopic (exact) mass is 416 g/mol. The third kappa shape index (κ3) is 4.17. The minimum absolute atomic E-state index is 0.000147. The lowest BCUT2D eigenvalue weighted by molar-refractivity contribution is -0.120.